The molecule has 0 bridgehead atoms. The lowest BCUT2D eigenvalue weighted by Crippen LogP contribution is -2.17. The minimum Gasteiger partial charge on any atom is -0.328 e. The summed E-state index contributed by atoms with van der Waals surface area (Å²) >= 11 is 0. The van der Waals surface area contributed by atoms with Crippen LogP contribution in [0.2, 0.25) is 0 Å². The summed E-state index contributed by atoms with van der Waals surface area (Å²) in [5.74, 6) is 2.58. The van der Waals surface area contributed by atoms with Gasteiger partial charge in [0.1, 0.15) is 0 Å². The SMILES string of the molecule is C#Cc1ccc(C[C@@H](C)N)cc1. The number of benzene rings is 1. The smallest absolute Gasteiger partial charge is 0.0242 e. The van der Waals surface area contributed by atoms with Crippen LogP contribution in [0.5, 0.6) is 0 Å². The van der Waals surface area contributed by atoms with Crippen molar-refractivity contribution in [2.24, 2.45) is 5.73 Å². The predicted molar refractivity (Wildman–Crippen MR) is 51.7 cm³/mol. The summed E-state index contributed by atoms with van der Waals surface area (Å²) in [5.41, 5.74) is 7.81. The third-order valence-electron chi connectivity index (χ3n) is 1.68. The largest absolute Gasteiger partial charge is 0.328 e. The van der Waals surface area contributed by atoms with Gasteiger partial charge in [0.05, 0.1) is 0 Å². The van der Waals surface area contributed by atoms with Gasteiger partial charge in [-0.05, 0) is 31.0 Å². The zero-order valence-corrected chi connectivity index (χ0v) is 7.25. The van der Waals surface area contributed by atoms with E-state index in [1.165, 1.54) is 5.56 Å². The van der Waals surface area contributed by atoms with E-state index in [1.54, 1.807) is 0 Å². The average molecular weight is 159 g/mol. The Morgan fingerprint density at radius 1 is 1.42 bits per heavy atom. The van der Waals surface area contributed by atoms with E-state index in [4.69, 9.17) is 12.2 Å². The first-order chi connectivity index (χ1) is 5.72. The number of nitrogens with two attached hydrogens (primary N) is 1. The third-order valence-corrected chi connectivity index (χ3v) is 1.68. The summed E-state index contributed by atoms with van der Waals surface area (Å²) in [6.07, 6.45) is 6.13. The second kappa shape index (κ2) is 3.94. The highest BCUT2D eigenvalue weighted by molar-refractivity contribution is 5.34. The molecule has 1 heteroatoms. The first-order valence-corrected chi connectivity index (χ1v) is 4.03. The summed E-state index contributed by atoms with van der Waals surface area (Å²) in [5, 5.41) is 0. The molecular weight excluding hydrogens is 146 g/mol. The van der Waals surface area contributed by atoms with Gasteiger partial charge >= 0.3 is 0 Å². The van der Waals surface area contributed by atoms with Crippen LogP contribution in [-0.4, -0.2) is 6.04 Å². The van der Waals surface area contributed by atoms with E-state index < -0.39 is 0 Å². The van der Waals surface area contributed by atoms with Crippen LogP contribution in [0.3, 0.4) is 0 Å². The van der Waals surface area contributed by atoms with Crippen molar-refractivity contribution in [1.82, 2.24) is 0 Å². The van der Waals surface area contributed by atoms with Gasteiger partial charge in [-0.1, -0.05) is 18.1 Å². The van der Waals surface area contributed by atoms with Gasteiger partial charge in [-0.3, -0.25) is 0 Å². The molecule has 1 atom stereocenters. The maximum atomic E-state index is 5.65. The van der Waals surface area contributed by atoms with E-state index >= 15 is 0 Å². The van der Waals surface area contributed by atoms with Crippen LogP contribution in [-0.2, 0) is 6.42 Å². The molecular formula is C11H13N. The van der Waals surface area contributed by atoms with Gasteiger partial charge in [-0.15, -0.1) is 6.42 Å². The summed E-state index contributed by atoms with van der Waals surface area (Å²) in [4.78, 5) is 0. The zero-order valence-electron chi connectivity index (χ0n) is 7.25. The van der Waals surface area contributed by atoms with Crippen molar-refractivity contribution >= 4 is 0 Å². The first kappa shape index (κ1) is 8.83. The second-order valence-corrected chi connectivity index (χ2v) is 3.02. The molecule has 0 aromatic heterocycles. The van der Waals surface area contributed by atoms with Gasteiger partial charge < -0.3 is 5.73 Å². The maximum Gasteiger partial charge on any atom is 0.0242 e. The molecule has 0 unspecified atom stereocenters. The molecule has 0 saturated carbocycles. The van der Waals surface area contributed by atoms with Crippen LogP contribution in [0.4, 0.5) is 0 Å². The second-order valence-electron chi connectivity index (χ2n) is 3.02. The van der Waals surface area contributed by atoms with Crippen molar-refractivity contribution in [2.45, 2.75) is 19.4 Å². The van der Waals surface area contributed by atoms with Crippen LogP contribution >= 0.6 is 0 Å². The van der Waals surface area contributed by atoms with Gasteiger partial charge in [0, 0.05) is 11.6 Å². The van der Waals surface area contributed by atoms with E-state index in [0.29, 0.717) is 0 Å². The Hall–Kier alpha value is -1.26. The summed E-state index contributed by atoms with van der Waals surface area (Å²) in [6.45, 7) is 2.00. The molecule has 0 amide bonds. The molecule has 0 saturated heterocycles. The molecule has 12 heavy (non-hydrogen) atoms. The number of hydrogen-bond acceptors (Lipinski definition) is 1. The molecule has 0 aliphatic carbocycles. The number of terminal acetylenes is 1. The minimum atomic E-state index is 0.210. The highest BCUT2D eigenvalue weighted by Gasteiger charge is 1.96. The molecule has 0 radical (unpaired) electrons. The fraction of sp³-hybridized carbons (Fsp3) is 0.273. The summed E-state index contributed by atoms with van der Waals surface area (Å²) in [6, 6.07) is 8.15. The lowest BCUT2D eigenvalue weighted by atomic mass is 10.1. The molecule has 0 aliphatic rings. The van der Waals surface area contributed by atoms with Crippen LogP contribution in [0.15, 0.2) is 24.3 Å². The maximum absolute atomic E-state index is 5.65. The Bertz CT molecular complexity index is 277. The standard InChI is InChI=1S/C11H13N/c1-3-10-4-6-11(7-5-10)8-9(2)12/h1,4-7,9H,8,12H2,2H3/t9-/m1/s1. The minimum absolute atomic E-state index is 0.210. The Kier molecular flexibility index (Phi) is 2.90. The summed E-state index contributed by atoms with van der Waals surface area (Å²) in [7, 11) is 0. The quantitative estimate of drug-likeness (QED) is 0.651. The molecule has 1 rings (SSSR count). The fourth-order valence-corrected chi connectivity index (χ4v) is 1.11. The van der Waals surface area contributed by atoms with Crippen molar-refractivity contribution in [3.63, 3.8) is 0 Å². The first-order valence-electron chi connectivity index (χ1n) is 4.03. The summed E-state index contributed by atoms with van der Waals surface area (Å²) < 4.78 is 0. The van der Waals surface area contributed by atoms with Crippen LogP contribution < -0.4 is 5.73 Å². The van der Waals surface area contributed by atoms with Crippen molar-refractivity contribution < 1.29 is 0 Å². The molecule has 0 fully saturated rings. The molecule has 62 valence electrons. The molecule has 1 nitrogen and oxygen atoms in total. The lowest BCUT2D eigenvalue weighted by Gasteiger charge is -2.04. The molecule has 0 aliphatic heterocycles. The monoisotopic (exact) mass is 159 g/mol. The van der Waals surface area contributed by atoms with E-state index in [-0.39, 0.29) is 6.04 Å². The highest BCUT2D eigenvalue weighted by atomic mass is 14.6. The topological polar surface area (TPSA) is 26.0 Å². The highest BCUT2D eigenvalue weighted by Crippen LogP contribution is 2.04. The fourth-order valence-electron chi connectivity index (χ4n) is 1.11. The van der Waals surface area contributed by atoms with E-state index in [2.05, 4.69) is 5.92 Å². The van der Waals surface area contributed by atoms with Gasteiger partial charge in [0.2, 0.25) is 0 Å². The molecule has 1 aromatic carbocycles. The van der Waals surface area contributed by atoms with Gasteiger partial charge in [-0.25, -0.2) is 0 Å². The van der Waals surface area contributed by atoms with Crippen molar-refractivity contribution in [3.8, 4) is 12.3 Å². The van der Waals surface area contributed by atoms with E-state index in [0.717, 1.165) is 12.0 Å². The number of rotatable bonds is 2. The molecule has 1 aromatic rings. The normalized spacial score (nSPS) is 12.1. The van der Waals surface area contributed by atoms with Crippen molar-refractivity contribution in [3.05, 3.63) is 35.4 Å². The van der Waals surface area contributed by atoms with Crippen molar-refractivity contribution in [2.75, 3.05) is 0 Å². The Morgan fingerprint density at radius 2 is 2.00 bits per heavy atom. The van der Waals surface area contributed by atoms with Gasteiger partial charge in [0.25, 0.3) is 0 Å². The van der Waals surface area contributed by atoms with Crippen LogP contribution in [0.1, 0.15) is 18.1 Å². The third kappa shape index (κ3) is 2.41. The zero-order chi connectivity index (χ0) is 8.97. The molecule has 2 N–H and O–H groups in total. The average Bonchev–Trinajstić information content (AvgIpc) is 2.05. The van der Waals surface area contributed by atoms with E-state index in [9.17, 15) is 0 Å². The Labute approximate surface area is 73.6 Å². The van der Waals surface area contributed by atoms with Gasteiger partial charge in [0.15, 0.2) is 0 Å². The van der Waals surface area contributed by atoms with Crippen LogP contribution in [0.25, 0.3) is 0 Å². The molecule has 0 spiro atoms. The van der Waals surface area contributed by atoms with Crippen molar-refractivity contribution in [1.29, 1.82) is 0 Å². The number of hydrogen-bond donors (Lipinski definition) is 1. The van der Waals surface area contributed by atoms with E-state index in [1.807, 2.05) is 31.2 Å². The Morgan fingerprint density at radius 3 is 2.42 bits per heavy atom. The van der Waals surface area contributed by atoms with Crippen LogP contribution in [0, 0.1) is 12.3 Å². The Balaban J connectivity index is 2.73. The lowest BCUT2D eigenvalue weighted by molar-refractivity contribution is 0.738. The molecule has 0 heterocycles. The van der Waals surface area contributed by atoms with Gasteiger partial charge in [-0.2, -0.15) is 0 Å². The predicted octanol–water partition coefficient (Wildman–Crippen LogP) is 1.56.